The quantitative estimate of drug-likeness (QED) is 0.646. The van der Waals surface area contributed by atoms with E-state index in [0.717, 1.165) is 17.7 Å². The van der Waals surface area contributed by atoms with Crippen LogP contribution in [0.4, 0.5) is 22.8 Å². The van der Waals surface area contributed by atoms with Crippen molar-refractivity contribution < 1.29 is 37.1 Å². The number of halogens is 3. The SMILES string of the molecule is C[C@@H]1CC(=Cc2cccc(C(F)(F)F)c2)C[N+]1(C(=O)O)C(=O)OCc1ccccc1. The molecule has 2 aromatic carbocycles. The summed E-state index contributed by atoms with van der Waals surface area (Å²) in [6.07, 6.45) is -4.96. The van der Waals surface area contributed by atoms with Crippen LogP contribution in [0.5, 0.6) is 0 Å². The number of hydrogen-bond acceptors (Lipinski definition) is 3. The van der Waals surface area contributed by atoms with E-state index >= 15 is 0 Å². The van der Waals surface area contributed by atoms with Gasteiger partial charge in [0.05, 0.1) is 5.56 Å². The minimum Gasteiger partial charge on any atom is -0.435 e. The van der Waals surface area contributed by atoms with E-state index in [4.69, 9.17) is 4.74 Å². The highest BCUT2D eigenvalue weighted by molar-refractivity contribution is 5.77. The van der Waals surface area contributed by atoms with Gasteiger partial charge in [0.15, 0.2) is 0 Å². The Kier molecular flexibility index (Phi) is 5.98. The summed E-state index contributed by atoms with van der Waals surface area (Å²) in [6, 6.07) is 13.0. The third-order valence-electron chi connectivity index (χ3n) is 5.22. The van der Waals surface area contributed by atoms with Gasteiger partial charge in [-0.1, -0.05) is 42.5 Å². The molecule has 2 atom stereocenters. The second-order valence-corrected chi connectivity index (χ2v) is 7.33. The number of likely N-dealkylation sites (tertiary alicyclic amines) is 1. The minimum absolute atomic E-state index is 0.0631. The van der Waals surface area contributed by atoms with Gasteiger partial charge >= 0.3 is 18.4 Å². The summed E-state index contributed by atoms with van der Waals surface area (Å²) in [6.45, 7) is 1.39. The molecule has 0 aromatic heterocycles. The molecule has 2 amide bonds. The van der Waals surface area contributed by atoms with Crippen LogP contribution in [-0.4, -0.2) is 34.4 Å². The van der Waals surface area contributed by atoms with Crippen molar-refractivity contribution in [3.63, 3.8) is 0 Å². The fraction of sp³-hybridized carbons (Fsp3) is 0.273. The van der Waals surface area contributed by atoms with Crippen LogP contribution in [0.25, 0.3) is 6.08 Å². The predicted molar refractivity (Wildman–Crippen MR) is 103 cm³/mol. The van der Waals surface area contributed by atoms with Gasteiger partial charge < -0.3 is 9.84 Å². The van der Waals surface area contributed by atoms with E-state index in [1.54, 1.807) is 31.2 Å². The molecule has 0 radical (unpaired) electrons. The van der Waals surface area contributed by atoms with Gasteiger partial charge in [-0.2, -0.15) is 22.8 Å². The number of quaternary nitrogens is 1. The first-order valence-electron chi connectivity index (χ1n) is 9.32. The molecule has 1 N–H and O–H groups in total. The average molecular weight is 420 g/mol. The maximum Gasteiger partial charge on any atom is 0.527 e. The first-order chi connectivity index (χ1) is 14.1. The lowest BCUT2D eigenvalue weighted by molar-refractivity contribution is -0.793. The van der Waals surface area contributed by atoms with Crippen LogP contribution in [0.2, 0.25) is 0 Å². The van der Waals surface area contributed by atoms with E-state index in [9.17, 15) is 27.9 Å². The Labute approximate surface area is 171 Å². The van der Waals surface area contributed by atoms with Crippen LogP contribution in [0.3, 0.4) is 0 Å². The number of benzene rings is 2. The minimum atomic E-state index is -4.47. The van der Waals surface area contributed by atoms with Crippen molar-refractivity contribution in [3.05, 3.63) is 76.9 Å². The molecular weight excluding hydrogens is 399 g/mol. The average Bonchev–Trinajstić information content (AvgIpc) is 3.03. The molecule has 1 heterocycles. The number of carboxylic acid groups (broad SMARTS) is 1. The highest BCUT2D eigenvalue weighted by atomic mass is 19.4. The Bertz CT molecular complexity index is 972. The molecule has 0 saturated carbocycles. The number of carbonyl (C=O) groups is 2. The normalized spacial score (nSPS) is 22.8. The zero-order chi connectivity index (χ0) is 21.9. The van der Waals surface area contributed by atoms with Crippen LogP contribution in [0.1, 0.15) is 30.0 Å². The lowest BCUT2D eigenvalue weighted by Gasteiger charge is -2.27. The standard InChI is InChI=1S/C22H20F3NO4/c1-15-10-18(11-17-8-5-9-19(12-17)22(23,24)25)13-26(15,20(27)28)21(29)30-14-16-6-3-2-4-7-16/h2-9,11-12,15H,10,13-14H2,1H3/p+1/t15-,26?/m1/s1. The van der Waals surface area contributed by atoms with Crippen molar-refractivity contribution in [1.29, 1.82) is 0 Å². The largest absolute Gasteiger partial charge is 0.527 e. The summed E-state index contributed by atoms with van der Waals surface area (Å²) in [7, 11) is 0. The lowest BCUT2D eigenvalue weighted by Crippen LogP contribution is -2.58. The molecule has 1 unspecified atom stereocenters. The fourth-order valence-corrected chi connectivity index (χ4v) is 3.63. The van der Waals surface area contributed by atoms with Gasteiger partial charge in [-0.15, -0.1) is 4.48 Å². The van der Waals surface area contributed by atoms with E-state index < -0.39 is 34.5 Å². The third-order valence-corrected chi connectivity index (χ3v) is 5.22. The Morgan fingerprint density at radius 3 is 2.50 bits per heavy atom. The van der Waals surface area contributed by atoms with Crippen molar-refractivity contribution >= 4 is 18.3 Å². The summed E-state index contributed by atoms with van der Waals surface area (Å²) < 4.78 is 43.2. The monoisotopic (exact) mass is 420 g/mol. The Morgan fingerprint density at radius 2 is 1.87 bits per heavy atom. The number of imide groups is 1. The Balaban J connectivity index is 1.83. The van der Waals surface area contributed by atoms with Crippen LogP contribution in [0.15, 0.2) is 60.2 Å². The van der Waals surface area contributed by atoms with E-state index in [1.807, 2.05) is 6.07 Å². The molecule has 3 rings (SSSR count). The van der Waals surface area contributed by atoms with E-state index in [2.05, 4.69) is 0 Å². The van der Waals surface area contributed by atoms with Crippen LogP contribution < -0.4 is 0 Å². The van der Waals surface area contributed by atoms with Crippen molar-refractivity contribution in [2.75, 3.05) is 6.54 Å². The van der Waals surface area contributed by atoms with E-state index in [0.29, 0.717) is 11.1 Å². The smallest absolute Gasteiger partial charge is 0.435 e. The lowest BCUT2D eigenvalue weighted by atomic mass is 10.1. The molecule has 0 spiro atoms. The maximum absolute atomic E-state index is 12.9. The van der Waals surface area contributed by atoms with Gasteiger partial charge in [0.2, 0.25) is 0 Å². The second-order valence-electron chi connectivity index (χ2n) is 7.33. The third kappa shape index (κ3) is 4.38. The topological polar surface area (TPSA) is 63.6 Å². The summed E-state index contributed by atoms with van der Waals surface area (Å²) >= 11 is 0. The number of hydrogen-bond donors (Lipinski definition) is 1. The highest BCUT2D eigenvalue weighted by Gasteiger charge is 2.56. The highest BCUT2D eigenvalue weighted by Crippen LogP contribution is 2.35. The zero-order valence-corrected chi connectivity index (χ0v) is 16.2. The van der Waals surface area contributed by atoms with Gasteiger partial charge in [0.25, 0.3) is 0 Å². The van der Waals surface area contributed by atoms with Crippen LogP contribution in [-0.2, 0) is 17.5 Å². The number of nitrogens with zero attached hydrogens (tertiary/aromatic N) is 1. The first-order valence-corrected chi connectivity index (χ1v) is 9.32. The van der Waals surface area contributed by atoms with Gasteiger partial charge in [0.1, 0.15) is 19.2 Å². The number of rotatable bonds is 3. The molecule has 5 nitrogen and oxygen atoms in total. The molecule has 2 aromatic rings. The second kappa shape index (κ2) is 8.31. The van der Waals surface area contributed by atoms with Gasteiger partial charge in [0, 0.05) is 6.42 Å². The molecule has 0 aliphatic carbocycles. The van der Waals surface area contributed by atoms with Crippen molar-refractivity contribution in [2.45, 2.75) is 32.2 Å². The number of alkyl halides is 3. The number of carbonyl (C=O) groups excluding carboxylic acids is 1. The van der Waals surface area contributed by atoms with Gasteiger partial charge in [-0.05, 0) is 41.8 Å². The van der Waals surface area contributed by atoms with Crippen LogP contribution in [0, 0.1) is 0 Å². The fourth-order valence-electron chi connectivity index (χ4n) is 3.63. The molecule has 0 bridgehead atoms. The molecule has 8 heteroatoms. The molecule has 1 fully saturated rings. The zero-order valence-electron chi connectivity index (χ0n) is 16.2. The summed E-state index contributed by atoms with van der Waals surface area (Å²) in [5.41, 5.74) is 0.807. The van der Waals surface area contributed by atoms with E-state index in [1.165, 1.54) is 18.2 Å². The molecule has 1 aliphatic heterocycles. The van der Waals surface area contributed by atoms with Crippen molar-refractivity contribution in [1.82, 2.24) is 0 Å². The number of amides is 2. The summed E-state index contributed by atoms with van der Waals surface area (Å²) in [5, 5.41) is 9.83. The van der Waals surface area contributed by atoms with Crippen molar-refractivity contribution in [2.24, 2.45) is 0 Å². The molecule has 30 heavy (non-hydrogen) atoms. The van der Waals surface area contributed by atoms with Crippen molar-refractivity contribution in [3.8, 4) is 0 Å². The first kappa shape index (κ1) is 21.6. The molecule has 158 valence electrons. The molecule has 1 aliphatic rings. The number of ether oxygens (including phenoxy) is 1. The Hall–Kier alpha value is -3.13. The van der Waals surface area contributed by atoms with Gasteiger partial charge in [-0.25, -0.2) is 0 Å². The van der Waals surface area contributed by atoms with Gasteiger partial charge in [-0.3, -0.25) is 0 Å². The molecule has 1 saturated heterocycles. The predicted octanol–water partition coefficient (Wildman–Crippen LogP) is 5.71. The Morgan fingerprint density at radius 1 is 1.17 bits per heavy atom. The summed E-state index contributed by atoms with van der Waals surface area (Å²) in [4.78, 5) is 24.8. The maximum atomic E-state index is 12.9. The van der Waals surface area contributed by atoms with Crippen LogP contribution >= 0.6 is 0 Å². The molecular formula is C22H21F3NO4+. The summed E-state index contributed by atoms with van der Waals surface area (Å²) in [5.74, 6) is 0. The van der Waals surface area contributed by atoms with E-state index in [-0.39, 0.29) is 19.6 Å².